The summed E-state index contributed by atoms with van der Waals surface area (Å²) in [6, 6.07) is 6.66. The van der Waals surface area contributed by atoms with Gasteiger partial charge in [0.15, 0.2) is 5.17 Å². The summed E-state index contributed by atoms with van der Waals surface area (Å²) < 4.78 is 0. The van der Waals surface area contributed by atoms with Crippen LogP contribution in [0.2, 0.25) is 0 Å². The third kappa shape index (κ3) is 2.47. The smallest absolute Gasteiger partial charge is 0.154 e. The van der Waals surface area contributed by atoms with E-state index < -0.39 is 0 Å². The van der Waals surface area contributed by atoms with Gasteiger partial charge in [0.25, 0.3) is 0 Å². The van der Waals surface area contributed by atoms with Crippen molar-refractivity contribution in [1.29, 1.82) is 0 Å². The van der Waals surface area contributed by atoms with Crippen LogP contribution in [0, 0.1) is 11.8 Å². The van der Waals surface area contributed by atoms with Crippen LogP contribution in [-0.2, 0) is 12.0 Å². The monoisotopic (exact) mass is 366 g/mol. The number of hydrogen-bond donors (Lipinski definition) is 2. The molecule has 5 nitrogen and oxygen atoms in total. The zero-order valence-corrected chi connectivity index (χ0v) is 15.3. The lowest BCUT2D eigenvalue weighted by Gasteiger charge is -2.48. The van der Waals surface area contributed by atoms with E-state index in [-0.39, 0.29) is 11.6 Å². The van der Waals surface area contributed by atoms with Gasteiger partial charge in [0.2, 0.25) is 0 Å². The molecule has 3 aliphatic rings. The number of benzene rings is 1. The molecule has 2 aliphatic carbocycles. The van der Waals surface area contributed by atoms with E-state index in [9.17, 15) is 5.11 Å². The highest BCUT2D eigenvalue weighted by atomic mass is 32.2. The van der Waals surface area contributed by atoms with Gasteiger partial charge >= 0.3 is 0 Å². The number of amidine groups is 1. The molecule has 1 fully saturated rings. The number of aromatic nitrogens is 2. The minimum absolute atomic E-state index is 0.175. The topological polar surface area (TPSA) is 84.4 Å². The summed E-state index contributed by atoms with van der Waals surface area (Å²) in [4.78, 5) is 13.3. The van der Waals surface area contributed by atoms with Crippen LogP contribution in [0.25, 0.3) is 11.1 Å². The fourth-order valence-electron chi connectivity index (χ4n) is 5.13. The van der Waals surface area contributed by atoms with Gasteiger partial charge < -0.3 is 10.8 Å². The van der Waals surface area contributed by atoms with E-state index in [0.29, 0.717) is 17.0 Å². The zero-order chi connectivity index (χ0) is 17.7. The minimum atomic E-state index is -0.251. The summed E-state index contributed by atoms with van der Waals surface area (Å²) in [6.45, 7) is 0. The Balaban J connectivity index is 1.66. The van der Waals surface area contributed by atoms with Crippen molar-refractivity contribution in [3.8, 4) is 11.1 Å². The van der Waals surface area contributed by atoms with Crippen molar-refractivity contribution in [2.75, 3.05) is 5.75 Å². The molecule has 2 aromatic rings. The molecule has 0 unspecified atom stereocenters. The Morgan fingerprint density at radius 2 is 2.00 bits per heavy atom. The van der Waals surface area contributed by atoms with Crippen LogP contribution in [0.4, 0.5) is 0 Å². The lowest BCUT2D eigenvalue weighted by Crippen LogP contribution is -2.47. The van der Waals surface area contributed by atoms with Crippen LogP contribution >= 0.6 is 11.8 Å². The van der Waals surface area contributed by atoms with Crippen molar-refractivity contribution in [3.05, 3.63) is 48.0 Å². The number of rotatable bonds is 1. The first kappa shape index (κ1) is 16.3. The molecule has 134 valence electrons. The van der Waals surface area contributed by atoms with Gasteiger partial charge in [-0.2, -0.15) is 0 Å². The molecule has 0 saturated heterocycles. The van der Waals surface area contributed by atoms with Gasteiger partial charge in [-0.25, -0.2) is 9.97 Å². The average Bonchev–Trinajstić information content (AvgIpc) is 3.04. The van der Waals surface area contributed by atoms with E-state index in [1.54, 1.807) is 18.1 Å². The second-order valence-corrected chi connectivity index (χ2v) is 8.70. The molecule has 1 aromatic heterocycles. The molecule has 1 aromatic carbocycles. The molecular formula is C20H22N4OS. The molecule has 2 heterocycles. The normalized spacial score (nSPS) is 32.8. The predicted molar refractivity (Wildman–Crippen MR) is 104 cm³/mol. The molecule has 1 spiro atoms. The van der Waals surface area contributed by atoms with Crippen molar-refractivity contribution in [1.82, 2.24) is 9.97 Å². The van der Waals surface area contributed by atoms with Crippen molar-refractivity contribution in [3.63, 3.8) is 0 Å². The third-order valence-corrected chi connectivity index (χ3v) is 7.24. The quantitative estimate of drug-likeness (QED) is 0.811. The fraction of sp³-hybridized carbons (Fsp3) is 0.450. The number of aliphatic hydroxyl groups excluding tert-OH is 1. The Bertz CT molecular complexity index is 871. The molecule has 4 atom stereocenters. The van der Waals surface area contributed by atoms with Crippen LogP contribution in [0.5, 0.6) is 0 Å². The predicted octanol–water partition coefficient (Wildman–Crippen LogP) is 2.73. The first-order chi connectivity index (χ1) is 12.7. The van der Waals surface area contributed by atoms with Crippen molar-refractivity contribution < 1.29 is 5.11 Å². The van der Waals surface area contributed by atoms with Crippen LogP contribution in [0.3, 0.4) is 0 Å². The van der Waals surface area contributed by atoms with E-state index in [0.717, 1.165) is 42.6 Å². The summed E-state index contributed by atoms with van der Waals surface area (Å²) in [5.41, 5.74) is 10.7. The highest BCUT2D eigenvalue weighted by molar-refractivity contribution is 8.14. The number of aliphatic hydroxyl groups is 1. The van der Waals surface area contributed by atoms with E-state index in [4.69, 9.17) is 10.7 Å². The van der Waals surface area contributed by atoms with Gasteiger partial charge in [-0.3, -0.25) is 4.99 Å². The first-order valence-electron chi connectivity index (χ1n) is 9.21. The standard InChI is InChI=1S/C20H22N4OS/c21-19-24-20(10-26-19)17-4-3-16(25)6-14(17)5-13-2-1-12(7-18(13)20)15-8-22-11-23-9-15/h1-2,7-9,11,14,16-17,25H,3-6,10H2,(H2,21,24)/t14-,16+,17-,20+/m1/s1. The van der Waals surface area contributed by atoms with Gasteiger partial charge in [-0.15, -0.1) is 0 Å². The van der Waals surface area contributed by atoms with Gasteiger partial charge in [0, 0.05) is 23.7 Å². The maximum absolute atomic E-state index is 10.2. The van der Waals surface area contributed by atoms with Gasteiger partial charge in [0.1, 0.15) is 11.9 Å². The van der Waals surface area contributed by atoms with Crippen molar-refractivity contribution in [2.45, 2.75) is 37.3 Å². The number of thioether (sulfide) groups is 1. The average molecular weight is 366 g/mol. The van der Waals surface area contributed by atoms with E-state index in [2.05, 4.69) is 28.2 Å². The van der Waals surface area contributed by atoms with E-state index in [1.165, 1.54) is 11.1 Å². The molecule has 6 heteroatoms. The molecule has 1 aliphatic heterocycles. The second kappa shape index (κ2) is 6.06. The minimum Gasteiger partial charge on any atom is -0.393 e. The van der Waals surface area contributed by atoms with Gasteiger partial charge in [-0.05, 0) is 60.3 Å². The molecule has 26 heavy (non-hydrogen) atoms. The van der Waals surface area contributed by atoms with Crippen LogP contribution in [0.15, 0.2) is 41.9 Å². The molecule has 0 bridgehead atoms. The number of hydrogen-bond acceptors (Lipinski definition) is 6. The molecular weight excluding hydrogens is 344 g/mol. The zero-order valence-electron chi connectivity index (χ0n) is 14.5. The summed E-state index contributed by atoms with van der Waals surface area (Å²) >= 11 is 1.66. The highest BCUT2D eigenvalue weighted by Crippen LogP contribution is 2.55. The number of fused-ring (bicyclic) bond motifs is 4. The largest absolute Gasteiger partial charge is 0.393 e. The number of aliphatic imine (C=N–C) groups is 1. The molecule has 1 saturated carbocycles. The maximum atomic E-state index is 10.2. The van der Waals surface area contributed by atoms with Crippen LogP contribution in [0.1, 0.15) is 30.4 Å². The molecule has 5 rings (SSSR count). The van der Waals surface area contributed by atoms with E-state index in [1.807, 2.05) is 12.4 Å². The lowest BCUT2D eigenvalue weighted by molar-refractivity contribution is 0.0347. The Morgan fingerprint density at radius 3 is 2.77 bits per heavy atom. The summed E-state index contributed by atoms with van der Waals surface area (Å²) in [5, 5.41) is 10.9. The summed E-state index contributed by atoms with van der Waals surface area (Å²) in [6.07, 6.45) is 8.86. The second-order valence-electron chi connectivity index (χ2n) is 7.70. The molecule has 0 radical (unpaired) electrons. The summed E-state index contributed by atoms with van der Waals surface area (Å²) in [5.74, 6) is 1.83. The highest BCUT2D eigenvalue weighted by Gasteiger charge is 2.52. The first-order valence-corrected chi connectivity index (χ1v) is 10.2. The fourth-order valence-corrected chi connectivity index (χ4v) is 6.16. The molecule has 3 N–H and O–H groups in total. The van der Waals surface area contributed by atoms with Gasteiger partial charge in [0.05, 0.1) is 6.10 Å². The van der Waals surface area contributed by atoms with Gasteiger partial charge in [-0.1, -0.05) is 23.9 Å². The van der Waals surface area contributed by atoms with Crippen LogP contribution in [-0.4, -0.2) is 32.1 Å². The third-order valence-electron chi connectivity index (χ3n) is 6.27. The Hall–Kier alpha value is -1.92. The van der Waals surface area contributed by atoms with Crippen LogP contribution < -0.4 is 5.73 Å². The number of nitrogens with zero attached hydrogens (tertiary/aromatic N) is 3. The lowest BCUT2D eigenvalue weighted by atomic mass is 9.59. The number of nitrogens with two attached hydrogens (primary N) is 1. The van der Waals surface area contributed by atoms with Crippen molar-refractivity contribution in [2.24, 2.45) is 22.6 Å². The molecule has 0 amide bonds. The Morgan fingerprint density at radius 1 is 1.15 bits per heavy atom. The van der Waals surface area contributed by atoms with Crippen molar-refractivity contribution >= 4 is 16.9 Å². The Kier molecular flexibility index (Phi) is 3.79. The maximum Gasteiger partial charge on any atom is 0.154 e. The Labute approximate surface area is 157 Å². The summed E-state index contributed by atoms with van der Waals surface area (Å²) in [7, 11) is 0. The van der Waals surface area contributed by atoms with E-state index >= 15 is 0 Å². The SMILES string of the molecule is NC1=N[C@]2(CS1)c1cc(-c3cncnc3)ccc1C[C@@H]1C[C@@H](O)CC[C@H]12.